The molecule has 2 aliphatic rings. The molecule has 120 valence electrons. The number of nitrogens with zero attached hydrogens (tertiary/aromatic N) is 4. The van der Waals surface area contributed by atoms with Crippen molar-refractivity contribution in [2.24, 2.45) is 0 Å². The Bertz CT molecular complexity index is 502. The molecule has 0 N–H and O–H groups in total. The van der Waals surface area contributed by atoms with Crippen LogP contribution in [0.4, 0.5) is 0 Å². The van der Waals surface area contributed by atoms with Gasteiger partial charge in [-0.25, -0.2) is 9.97 Å². The minimum atomic E-state index is -0.0848. The van der Waals surface area contributed by atoms with E-state index in [1.165, 1.54) is 12.4 Å². The maximum Gasteiger partial charge on any atom is 0.291 e. The van der Waals surface area contributed by atoms with Gasteiger partial charge in [0.15, 0.2) is 5.75 Å². The Kier molecular flexibility index (Phi) is 4.84. The molecular formula is C15H22N4O3. The Morgan fingerprint density at radius 3 is 2.73 bits per heavy atom. The first-order valence-electron chi connectivity index (χ1n) is 7.75. The largest absolute Gasteiger partial charge is 0.494 e. The quantitative estimate of drug-likeness (QED) is 0.803. The molecule has 2 saturated heterocycles. The van der Waals surface area contributed by atoms with Crippen molar-refractivity contribution in [3.63, 3.8) is 0 Å². The molecule has 0 spiro atoms. The van der Waals surface area contributed by atoms with Crippen molar-refractivity contribution in [2.75, 3.05) is 46.5 Å². The van der Waals surface area contributed by atoms with Crippen LogP contribution >= 0.6 is 0 Å². The second kappa shape index (κ2) is 7.02. The molecule has 1 atom stereocenters. The molecule has 0 saturated carbocycles. The average Bonchev–Trinajstić information content (AvgIpc) is 3.03. The molecule has 0 unspecified atom stereocenters. The molecule has 0 aromatic carbocycles. The number of methoxy groups -OCH3 is 1. The highest BCUT2D eigenvalue weighted by Crippen LogP contribution is 2.20. The van der Waals surface area contributed by atoms with E-state index < -0.39 is 0 Å². The van der Waals surface area contributed by atoms with Gasteiger partial charge in [-0.15, -0.1) is 0 Å². The number of morpholine rings is 1. The van der Waals surface area contributed by atoms with Crippen molar-refractivity contribution in [3.8, 4) is 5.75 Å². The van der Waals surface area contributed by atoms with Crippen molar-refractivity contribution in [1.82, 2.24) is 19.8 Å². The van der Waals surface area contributed by atoms with Gasteiger partial charge in [-0.3, -0.25) is 9.69 Å². The van der Waals surface area contributed by atoms with E-state index in [0.29, 0.717) is 5.75 Å². The van der Waals surface area contributed by atoms with Gasteiger partial charge >= 0.3 is 0 Å². The first-order chi connectivity index (χ1) is 10.8. The number of carbonyl (C=O) groups is 1. The third-order valence-corrected chi connectivity index (χ3v) is 4.27. The van der Waals surface area contributed by atoms with Gasteiger partial charge in [0.2, 0.25) is 5.82 Å². The van der Waals surface area contributed by atoms with Crippen molar-refractivity contribution in [2.45, 2.75) is 18.9 Å². The zero-order valence-corrected chi connectivity index (χ0v) is 12.9. The molecule has 1 aromatic rings. The molecule has 7 nitrogen and oxygen atoms in total. The van der Waals surface area contributed by atoms with Crippen LogP contribution in [0.15, 0.2) is 12.4 Å². The van der Waals surface area contributed by atoms with Crippen LogP contribution in [-0.4, -0.2) is 78.2 Å². The number of rotatable bonds is 4. The molecule has 1 aromatic heterocycles. The summed E-state index contributed by atoms with van der Waals surface area (Å²) in [4.78, 5) is 25.1. The third kappa shape index (κ3) is 3.36. The van der Waals surface area contributed by atoms with Gasteiger partial charge in [0.25, 0.3) is 5.91 Å². The summed E-state index contributed by atoms with van der Waals surface area (Å²) in [6.07, 6.45) is 5.15. The number of carbonyl (C=O) groups excluding carboxylic acids is 1. The molecule has 3 heterocycles. The Morgan fingerprint density at radius 1 is 1.32 bits per heavy atom. The smallest absolute Gasteiger partial charge is 0.291 e. The zero-order valence-electron chi connectivity index (χ0n) is 12.9. The number of hydrogen-bond donors (Lipinski definition) is 0. The first kappa shape index (κ1) is 15.2. The van der Waals surface area contributed by atoms with Crippen molar-refractivity contribution < 1.29 is 14.3 Å². The Balaban J connectivity index is 1.64. The normalized spacial score (nSPS) is 22.8. The summed E-state index contributed by atoms with van der Waals surface area (Å²) < 4.78 is 10.4. The maximum atomic E-state index is 12.6. The van der Waals surface area contributed by atoms with Gasteiger partial charge in [0.05, 0.1) is 32.7 Å². The molecule has 0 bridgehead atoms. The van der Waals surface area contributed by atoms with Crippen LogP contribution < -0.4 is 4.74 Å². The minimum absolute atomic E-state index is 0.0848. The third-order valence-electron chi connectivity index (χ3n) is 4.27. The highest BCUT2D eigenvalue weighted by Gasteiger charge is 2.32. The number of hydrogen-bond acceptors (Lipinski definition) is 6. The lowest BCUT2D eigenvalue weighted by Crippen LogP contribution is -2.47. The fourth-order valence-corrected chi connectivity index (χ4v) is 3.04. The Labute approximate surface area is 130 Å². The minimum Gasteiger partial charge on any atom is -0.494 e. The van der Waals surface area contributed by atoms with Crippen LogP contribution in [0.25, 0.3) is 0 Å². The SMILES string of the molecule is COc1cnc(C(=O)N2CCC[C@H]2CN2CCOCC2)nc1. The van der Waals surface area contributed by atoms with E-state index in [-0.39, 0.29) is 17.8 Å². The van der Waals surface area contributed by atoms with E-state index >= 15 is 0 Å². The van der Waals surface area contributed by atoms with E-state index in [4.69, 9.17) is 9.47 Å². The highest BCUT2D eigenvalue weighted by molar-refractivity contribution is 5.90. The maximum absolute atomic E-state index is 12.6. The van der Waals surface area contributed by atoms with E-state index in [0.717, 1.165) is 52.2 Å². The molecule has 0 aliphatic carbocycles. The average molecular weight is 306 g/mol. The van der Waals surface area contributed by atoms with Crippen molar-refractivity contribution in [1.29, 1.82) is 0 Å². The summed E-state index contributed by atoms with van der Waals surface area (Å²) >= 11 is 0. The predicted molar refractivity (Wildman–Crippen MR) is 79.9 cm³/mol. The van der Waals surface area contributed by atoms with Crippen LogP contribution in [0.3, 0.4) is 0 Å². The van der Waals surface area contributed by atoms with Crippen LogP contribution in [0.5, 0.6) is 5.75 Å². The summed E-state index contributed by atoms with van der Waals surface area (Å²) in [5, 5.41) is 0. The molecular weight excluding hydrogens is 284 g/mol. The summed E-state index contributed by atoms with van der Waals surface area (Å²) in [5.74, 6) is 0.718. The first-order valence-corrected chi connectivity index (χ1v) is 7.75. The topological polar surface area (TPSA) is 67.8 Å². The lowest BCUT2D eigenvalue weighted by Gasteiger charge is -2.32. The predicted octanol–water partition coefficient (Wildman–Crippen LogP) is 0.422. The molecule has 2 fully saturated rings. The molecule has 3 rings (SSSR count). The fourth-order valence-electron chi connectivity index (χ4n) is 3.04. The summed E-state index contributed by atoms with van der Waals surface area (Å²) in [5.41, 5.74) is 0. The molecule has 7 heteroatoms. The summed E-state index contributed by atoms with van der Waals surface area (Å²) in [6, 6.07) is 0.247. The van der Waals surface area contributed by atoms with Crippen LogP contribution in [0.1, 0.15) is 23.5 Å². The Morgan fingerprint density at radius 2 is 2.05 bits per heavy atom. The molecule has 0 radical (unpaired) electrons. The molecule has 22 heavy (non-hydrogen) atoms. The fraction of sp³-hybridized carbons (Fsp3) is 0.667. The lowest BCUT2D eigenvalue weighted by atomic mass is 10.2. The number of ether oxygens (including phenoxy) is 2. The standard InChI is InChI=1S/C15H22N4O3/c1-21-13-9-16-14(17-10-13)15(20)19-4-2-3-12(19)11-18-5-7-22-8-6-18/h9-10,12H,2-8,11H2,1H3/t12-/m0/s1. The molecule has 1 amide bonds. The van der Waals surface area contributed by atoms with Crippen LogP contribution in [0.2, 0.25) is 0 Å². The van der Waals surface area contributed by atoms with Crippen LogP contribution in [-0.2, 0) is 4.74 Å². The molecule has 2 aliphatic heterocycles. The van der Waals surface area contributed by atoms with Gasteiger partial charge in [0.1, 0.15) is 0 Å². The van der Waals surface area contributed by atoms with E-state index in [9.17, 15) is 4.79 Å². The van der Waals surface area contributed by atoms with E-state index in [1.807, 2.05) is 4.90 Å². The number of amides is 1. The summed E-state index contributed by atoms with van der Waals surface area (Å²) in [7, 11) is 1.55. The van der Waals surface area contributed by atoms with Crippen LogP contribution in [0, 0.1) is 0 Å². The van der Waals surface area contributed by atoms with E-state index in [1.54, 1.807) is 7.11 Å². The zero-order chi connectivity index (χ0) is 15.4. The van der Waals surface area contributed by atoms with Crippen molar-refractivity contribution in [3.05, 3.63) is 18.2 Å². The lowest BCUT2D eigenvalue weighted by molar-refractivity contribution is 0.0259. The second-order valence-electron chi connectivity index (χ2n) is 5.65. The van der Waals surface area contributed by atoms with Gasteiger partial charge in [-0.2, -0.15) is 0 Å². The summed E-state index contributed by atoms with van der Waals surface area (Å²) in [6.45, 7) is 5.13. The van der Waals surface area contributed by atoms with Crippen molar-refractivity contribution >= 4 is 5.91 Å². The van der Waals surface area contributed by atoms with Gasteiger partial charge in [0, 0.05) is 32.2 Å². The Hall–Kier alpha value is -1.73. The number of aromatic nitrogens is 2. The van der Waals surface area contributed by atoms with E-state index in [2.05, 4.69) is 14.9 Å². The second-order valence-corrected chi connectivity index (χ2v) is 5.65. The monoisotopic (exact) mass is 306 g/mol. The van der Waals surface area contributed by atoms with Gasteiger partial charge in [-0.1, -0.05) is 0 Å². The number of likely N-dealkylation sites (tertiary alicyclic amines) is 1. The highest BCUT2D eigenvalue weighted by atomic mass is 16.5. The van der Waals surface area contributed by atoms with Gasteiger partial charge < -0.3 is 14.4 Å². The van der Waals surface area contributed by atoms with Gasteiger partial charge in [-0.05, 0) is 12.8 Å².